The summed E-state index contributed by atoms with van der Waals surface area (Å²) in [7, 11) is 0. The first-order valence-corrected chi connectivity index (χ1v) is 7.33. The molecule has 0 aliphatic carbocycles. The van der Waals surface area contributed by atoms with E-state index in [2.05, 4.69) is 12.6 Å². The molecule has 0 saturated carbocycles. The highest BCUT2D eigenvalue weighted by molar-refractivity contribution is 7.80. The Morgan fingerprint density at radius 2 is 2.30 bits per heavy atom. The van der Waals surface area contributed by atoms with Crippen LogP contribution in [0.25, 0.3) is 0 Å². The number of rotatable bonds is 5. The minimum atomic E-state index is -0.890. The number of aryl methyl sites for hydroxylation is 1. The molecule has 108 valence electrons. The maximum Gasteiger partial charge on any atom is 0.305 e. The average Bonchev–Trinajstić information content (AvgIpc) is 2.77. The lowest BCUT2D eigenvalue weighted by Gasteiger charge is -2.27. The molecule has 1 heterocycles. The van der Waals surface area contributed by atoms with Crippen LogP contribution in [0.5, 0.6) is 0 Å². The molecule has 1 aliphatic heterocycles. The van der Waals surface area contributed by atoms with Crippen molar-refractivity contribution in [1.82, 2.24) is 4.90 Å². The zero-order valence-corrected chi connectivity index (χ0v) is 12.3. The van der Waals surface area contributed by atoms with Gasteiger partial charge in [0, 0.05) is 13.0 Å². The molecule has 1 amide bonds. The number of carboxylic acid groups (broad SMARTS) is 1. The van der Waals surface area contributed by atoms with Gasteiger partial charge in [-0.2, -0.15) is 12.6 Å². The van der Waals surface area contributed by atoms with Gasteiger partial charge in [0.15, 0.2) is 0 Å². The van der Waals surface area contributed by atoms with Gasteiger partial charge in [0.25, 0.3) is 0 Å². The first-order valence-electron chi connectivity index (χ1n) is 6.70. The van der Waals surface area contributed by atoms with Crippen molar-refractivity contribution in [3.8, 4) is 0 Å². The zero-order chi connectivity index (χ0) is 14.7. The van der Waals surface area contributed by atoms with Crippen molar-refractivity contribution >= 4 is 24.5 Å². The number of carbonyl (C=O) groups is 2. The first kappa shape index (κ1) is 14.9. The van der Waals surface area contributed by atoms with Crippen LogP contribution in [0, 0.1) is 12.8 Å². The predicted molar refractivity (Wildman–Crippen MR) is 79.8 cm³/mol. The van der Waals surface area contributed by atoms with E-state index in [0.29, 0.717) is 18.7 Å². The maximum atomic E-state index is 12.1. The highest BCUT2D eigenvalue weighted by Crippen LogP contribution is 2.31. The number of carboxylic acids is 1. The van der Waals surface area contributed by atoms with Gasteiger partial charge in [-0.15, -0.1) is 0 Å². The van der Waals surface area contributed by atoms with Crippen molar-refractivity contribution in [2.24, 2.45) is 5.92 Å². The lowest BCUT2D eigenvalue weighted by atomic mass is 10.0. The first-order chi connectivity index (χ1) is 9.51. The van der Waals surface area contributed by atoms with E-state index in [1.54, 1.807) is 4.90 Å². The fraction of sp³-hybridized carbons (Fsp3) is 0.467. The number of thiol groups is 1. The van der Waals surface area contributed by atoms with E-state index >= 15 is 0 Å². The third-order valence-electron chi connectivity index (χ3n) is 3.67. The van der Waals surface area contributed by atoms with E-state index < -0.39 is 5.97 Å². The average molecular weight is 293 g/mol. The van der Waals surface area contributed by atoms with E-state index in [4.69, 9.17) is 5.11 Å². The van der Waals surface area contributed by atoms with Crippen molar-refractivity contribution in [1.29, 1.82) is 0 Å². The van der Waals surface area contributed by atoms with Gasteiger partial charge in [-0.1, -0.05) is 29.8 Å². The van der Waals surface area contributed by atoms with Gasteiger partial charge >= 0.3 is 5.97 Å². The molecule has 1 aromatic carbocycles. The summed E-state index contributed by atoms with van der Waals surface area (Å²) in [6.45, 7) is 2.55. The summed E-state index contributed by atoms with van der Waals surface area (Å²) in [5.74, 6) is -0.00192. The molecule has 1 aliphatic rings. The van der Waals surface area contributed by atoms with Gasteiger partial charge in [-0.3, -0.25) is 9.59 Å². The fourth-order valence-corrected chi connectivity index (χ4v) is 2.93. The van der Waals surface area contributed by atoms with Crippen LogP contribution in [0.1, 0.15) is 30.0 Å². The number of likely N-dealkylation sites (tertiary alicyclic amines) is 1. The summed E-state index contributed by atoms with van der Waals surface area (Å²) < 4.78 is 0. The molecule has 1 saturated heterocycles. The van der Waals surface area contributed by atoms with Crippen molar-refractivity contribution in [2.45, 2.75) is 25.8 Å². The van der Waals surface area contributed by atoms with Crippen LogP contribution in [0.4, 0.5) is 0 Å². The van der Waals surface area contributed by atoms with E-state index in [0.717, 1.165) is 11.1 Å². The van der Waals surface area contributed by atoms with Crippen LogP contribution in [-0.2, 0) is 9.59 Å². The Bertz CT molecular complexity index is 518. The maximum absolute atomic E-state index is 12.1. The Morgan fingerprint density at radius 1 is 1.55 bits per heavy atom. The summed E-state index contributed by atoms with van der Waals surface area (Å²) in [6, 6.07) is 7.32. The fourth-order valence-electron chi connectivity index (χ4n) is 2.68. The van der Waals surface area contributed by atoms with E-state index in [9.17, 15) is 9.59 Å². The van der Waals surface area contributed by atoms with Crippen LogP contribution in [0.15, 0.2) is 24.3 Å². The minimum absolute atomic E-state index is 0.0248. The summed E-state index contributed by atoms with van der Waals surface area (Å²) in [5.41, 5.74) is 1.95. The molecule has 2 atom stereocenters. The summed E-state index contributed by atoms with van der Waals surface area (Å²) in [4.78, 5) is 25.0. The smallest absolute Gasteiger partial charge is 0.305 e. The number of amides is 1. The largest absolute Gasteiger partial charge is 0.481 e. The van der Waals surface area contributed by atoms with Crippen LogP contribution in [0.2, 0.25) is 0 Å². The summed E-state index contributed by atoms with van der Waals surface area (Å²) >= 11 is 4.24. The lowest BCUT2D eigenvalue weighted by molar-refractivity contribution is -0.139. The monoisotopic (exact) mass is 293 g/mol. The second-order valence-electron chi connectivity index (χ2n) is 5.33. The highest BCUT2D eigenvalue weighted by Gasteiger charge is 2.35. The van der Waals surface area contributed by atoms with Gasteiger partial charge in [-0.05, 0) is 24.2 Å². The van der Waals surface area contributed by atoms with Crippen LogP contribution >= 0.6 is 12.6 Å². The molecule has 2 unspecified atom stereocenters. The molecule has 20 heavy (non-hydrogen) atoms. The standard InChI is InChI=1S/C15H19NO3S/c1-10-3-2-4-12(5-10)13(7-15(18)19)16-8-11(9-20)6-14(16)17/h2-5,11,13,20H,6-9H2,1H3,(H,18,19). The molecule has 1 N–H and O–H groups in total. The minimum Gasteiger partial charge on any atom is -0.481 e. The number of aliphatic carboxylic acids is 1. The number of benzene rings is 1. The lowest BCUT2D eigenvalue weighted by Crippen LogP contribution is -2.32. The van der Waals surface area contributed by atoms with E-state index in [1.807, 2.05) is 31.2 Å². The van der Waals surface area contributed by atoms with Crippen molar-refractivity contribution in [3.63, 3.8) is 0 Å². The zero-order valence-electron chi connectivity index (χ0n) is 11.5. The van der Waals surface area contributed by atoms with E-state index in [1.165, 1.54) is 0 Å². The molecular weight excluding hydrogens is 274 g/mol. The highest BCUT2D eigenvalue weighted by atomic mass is 32.1. The van der Waals surface area contributed by atoms with Gasteiger partial charge in [0.05, 0.1) is 12.5 Å². The molecule has 0 radical (unpaired) electrons. The Hall–Kier alpha value is -1.49. The van der Waals surface area contributed by atoms with Crippen molar-refractivity contribution < 1.29 is 14.7 Å². The normalized spacial score (nSPS) is 20.2. The summed E-state index contributed by atoms with van der Waals surface area (Å²) in [6.07, 6.45) is 0.403. The molecular formula is C15H19NO3S. The second kappa shape index (κ2) is 6.31. The number of hydrogen-bond donors (Lipinski definition) is 2. The van der Waals surface area contributed by atoms with Crippen molar-refractivity contribution in [3.05, 3.63) is 35.4 Å². The topological polar surface area (TPSA) is 57.6 Å². The predicted octanol–water partition coefficient (Wildman–Crippen LogP) is 2.29. The number of nitrogens with zero attached hydrogens (tertiary/aromatic N) is 1. The molecule has 4 nitrogen and oxygen atoms in total. The number of hydrogen-bond acceptors (Lipinski definition) is 3. The molecule has 0 aromatic heterocycles. The Kier molecular flexibility index (Phi) is 4.70. The van der Waals surface area contributed by atoms with Crippen LogP contribution in [0.3, 0.4) is 0 Å². The van der Waals surface area contributed by atoms with Gasteiger partial charge in [0.1, 0.15) is 0 Å². The Balaban J connectivity index is 2.28. The Labute approximate surface area is 124 Å². The molecule has 0 spiro atoms. The van der Waals surface area contributed by atoms with Crippen molar-refractivity contribution in [2.75, 3.05) is 12.3 Å². The SMILES string of the molecule is Cc1cccc(C(CC(=O)O)N2CC(CS)CC2=O)c1. The summed E-state index contributed by atoms with van der Waals surface area (Å²) in [5, 5.41) is 9.13. The molecule has 1 aromatic rings. The quantitative estimate of drug-likeness (QED) is 0.819. The van der Waals surface area contributed by atoms with Crippen LogP contribution < -0.4 is 0 Å². The van der Waals surface area contributed by atoms with E-state index in [-0.39, 0.29) is 24.3 Å². The van der Waals surface area contributed by atoms with Crippen LogP contribution in [-0.4, -0.2) is 34.2 Å². The van der Waals surface area contributed by atoms with Gasteiger partial charge < -0.3 is 10.0 Å². The molecule has 1 fully saturated rings. The second-order valence-corrected chi connectivity index (χ2v) is 5.69. The van der Waals surface area contributed by atoms with Gasteiger partial charge in [0.2, 0.25) is 5.91 Å². The molecule has 2 rings (SSSR count). The number of carbonyl (C=O) groups excluding carboxylic acids is 1. The molecule has 5 heteroatoms. The molecule has 0 bridgehead atoms. The third kappa shape index (κ3) is 3.33. The third-order valence-corrected chi connectivity index (χ3v) is 4.18. The Morgan fingerprint density at radius 3 is 2.85 bits per heavy atom. The van der Waals surface area contributed by atoms with Gasteiger partial charge in [-0.25, -0.2) is 0 Å².